The second-order valence-corrected chi connectivity index (χ2v) is 7.51. The van der Waals surface area contributed by atoms with Crippen LogP contribution in [-0.2, 0) is 18.6 Å². The van der Waals surface area contributed by atoms with Gasteiger partial charge in [-0.2, -0.15) is 0 Å². The lowest BCUT2D eigenvalue weighted by molar-refractivity contribution is -0.0180. The number of rotatable bonds is 6. The average Bonchev–Trinajstić information content (AvgIpc) is 2.56. The van der Waals surface area contributed by atoms with E-state index in [1.54, 1.807) is 13.8 Å². The van der Waals surface area contributed by atoms with Crippen LogP contribution >= 0.6 is 7.60 Å². The van der Waals surface area contributed by atoms with Gasteiger partial charge >= 0.3 is 7.60 Å². The molecule has 1 fully saturated rings. The van der Waals surface area contributed by atoms with E-state index < -0.39 is 25.4 Å². The van der Waals surface area contributed by atoms with Gasteiger partial charge in [-0.25, -0.2) is 0 Å². The molecule has 4 atom stereocenters. The van der Waals surface area contributed by atoms with Gasteiger partial charge in [0.25, 0.3) is 0 Å². The molecule has 1 unspecified atom stereocenters. The molecular weight excluding hydrogens is 254 g/mol. The van der Waals surface area contributed by atoms with Gasteiger partial charge in [-0.3, -0.25) is 4.57 Å². The van der Waals surface area contributed by atoms with Crippen molar-refractivity contribution in [3.8, 4) is 0 Å². The smallest absolute Gasteiger partial charge is 0.330 e. The molecule has 1 aliphatic heterocycles. The van der Waals surface area contributed by atoms with E-state index in [9.17, 15) is 9.46 Å². The fraction of sp³-hybridized carbons (Fsp3) is 1.00. The zero-order valence-corrected chi connectivity index (χ0v) is 12.3. The summed E-state index contributed by atoms with van der Waals surface area (Å²) in [6.45, 7) is 7.57. The van der Waals surface area contributed by atoms with Crippen LogP contribution < -0.4 is 0 Å². The highest BCUT2D eigenvalue weighted by Crippen LogP contribution is 2.50. The van der Waals surface area contributed by atoms with E-state index in [0.29, 0.717) is 13.0 Å². The van der Waals surface area contributed by atoms with Crippen molar-refractivity contribution >= 4 is 15.4 Å². The summed E-state index contributed by atoms with van der Waals surface area (Å²) >= 11 is 0. The summed E-state index contributed by atoms with van der Waals surface area (Å²) < 4.78 is 27.9. The van der Waals surface area contributed by atoms with Crippen molar-refractivity contribution < 1.29 is 23.5 Å². The van der Waals surface area contributed by atoms with Gasteiger partial charge in [0.1, 0.15) is 7.85 Å². The molecule has 1 saturated heterocycles. The fourth-order valence-electron chi connectivity index (χ4n) is 1.58. The molecule has 1 aliphatic rings. The SMILES string of the molecule is [B][C@@H]1O[C@H](COC(C)C)C[C@H]1OP(=O)(O)C(C)C. The molecule has 5 nitrogen and oxygen atoms in total. The molecule has 18 heavy (non-hydrogen) atoms. The third-order valence-corrected chi connectivity index (χ3v) is 4.64. The fourth-order valence-corrected chi connectivity index (χ4v) is 2.42. The van der Waals surface area contributed by atoms with Crippen molar-refractivity contribution in [2.24, 2.45) is 0 Å². The topological polar surface area (TPSA) is 65.0 Å². The normalized spacial score (nSPS) is 32.1. The molecule has 0 saturated carbocycles. The maximum Gasteiger partial charge on any atom is 0.330 e. The predicted molar refractivity (Wildman–Crippen MR) is 70.0 cm³/mol. The van der Waals surface area contributed by atoms with Crippen LogP contribution in [0, 0.1) is 0 Å². The second kappa shape index (κ2) is 6.53. The van der Waals surface area contributed by atoms with E-state index in [1.807, 2.05) is 13.8 Å². The Morgan fingerprint density at radius 3 is 2.56 bits per heavy atom. The van der Waals surface area contributed by atoms with Crippen LogP contribution in [0.4, 0.5) is 0 Å². The lowest BCUT2D eigenvalue weighted by Crippen LogP contribution is -2.24. The Morgan fingerprint density at radius 2 is 2.06 bits per heavy atom. The maximum absolute atomic E-state index is 11.8. The molecule has 7 heteroatoms. The molecule has 1 rings (SSSR count). The van der Waals surface area contributed by atoms with Crippen LogP contribution in [-0.4, -0.2) is 49.3 Å². The largest absolute Gasteiger partial charge is 0.380 e. The monoisotopic (exact) mass is 276 g/mol. The molecular formula is C11H22BO5P. The molecule has 1 heterocycles. The van der Waals surface area contributed by atoms with Crippen LogP contribution in [0.3, 0.4) is 0 Å². The number of ether oxygens (including phenoxy) is 2. The Morgan fingerprint density at radius 1 is 1.44 bits per heavy atom. The molecule has 1 N–H and O–H groups in total. The highest BCUT2D eigenvalue weighted by atomic mass is 31.2. The minimum absolute atomic E-state index is 0.115. The maximum atomic E-state index is 11.8. The minimum atomic E-state index is -3.62. The van der Waals surface area contributed by atoms with Gasteiger partial charge in [-0.1, -0.05) is 13.8 Å². The van der Waals surface area contributed by atoms with Crippen molar-refractivity contribution in [2.45, 2.75) is 64.1 Å². The number of hydrogen-bond acceptors (Lipinski definition) is 4. The van der Waals surface area contributed by atoms with Gasteiger partial charge in [0.05, 0.1) is 30.6 Å². The Kier molecular flexibility index (Phi) is 5.87. The Hall–Kier alpha value is 0.135. The summed E-state index contributed by atoms with van der Waals surface area (Å²) in [7, 11) is 2.13. The van der Waals surface area contributed by atoms with Gasteiger partial charge in [0, 0.05) is 12.4 Å². The van der Waals surface area contributed by atoms with E-state index in [1.165, 1.54) is 0 Å². The first-order valence-electron chi connectivity index (χ1n) is 6.26. The van der Waals surface area contributed by atoms with Gasteiger partial charge in [0.15, 0.2) is 0 Å². The first-order chi connectivity index (χ1) is 8.22. The van der Waals surface area contributed by atoms with Crippen molar-refractivity contribution in [1.82, 2.24) is 0 Å². The quantitative estimate of drug-likeness (QED) is 0.590. The summed E-state index contributed by atoms with van der Waals surface area (Å²) in [4.78, 5) is 9.67. The van der Waals surface area contributed by atoms with Crippen molar-refractivity contribution in [1.29, 1.82) is 0 Å². The second-order valence-electron chi connectivity index (χ2n) is 5.14. The zero-order chi connectivity index (χ0) is 13.9. The van der Waals surface area contributed by atoms with Gasteiger partial charge in [-0.05, 0) is 13.8 Å². The molecule has 0 spiro atoms. The Bertz CT molecular complexity index is 310. The molecule has 0 aromatic rings. The minimum Gasteiger partial charge on any atom is -0.380 e. The summed E-state index contributed by atoms with van der Waals surface area (Å²) in [6, 6.07) is -0.676. The summed E-state index contributed by atoms with van der Waals surface area (Å²) in [5.74, 6) is 0. The van der Waals surface area contributed by atoms with E-state index in [0.717, 1.165) is 0 Å². The zero-order valence-electron chi connectivity index (χ0n) is 11.4. The van der Waals surface area contributed by atoms with Crippen LogP contribution in [0.2, 0.25) is 0 Å². The predicted octanol–water partition coefficient (Wildman–Crippen LogP) is 1.67. The molecule has 0 aliphatic carbocycles. The summed E-state index contributed by atoms with van der Waals surface area (Å²) in [5.41, 5.74) is -0.448. The highest BCUT2D eigenvalue weighted by Gasteiger charge is 2.38. The van der Waals surface area contributed by atoms with E-state index in [-0.39, 0.29) is 12.2 Å². The van der Waals surface area contributed by atoms with E-state index >= 15 is 0 Å². The van der Waals surface area contributed by atoms with Crippen molar-refractivity contribution in [3.63, 3.8) is 0 Å². The molecule has 0 amide bonds. The van der Waals surface area contributed by atoms with Gasteiger partial charge in [0.2, 0.25) is 0 Å². The van der Waals surface area contributed by atoms with Crippen LogP contribution in [0.1, 0.15) is 34.1 Å². The third-order valence-electron chi connectivity index (χ3n) is 2.77. The lowest BCUT2D eigenvalue weighted by atomic mass is 9.94. The van der Waals surface area contributed by atoms with Crippen LogP contribution in [0.5, 0.6) is 0 Å². The Labute approximate surface area is 110 Å². The molecule has 0 bridgehead atoms. The van der Waals surface area contributed by atoms with Crippen molar-refractivity contribution in [2.75, 3.05) is 6.61 Å². The first-order valence-corrected chi connectivity index (χ1v) is 7.90. The Balaban J connectivity index is 2.47. The molecule has 2 radical (unpaired) electrons. The van der Waals surface area contributed by atoms with E-state index in [2.05, 4.69) is 0 Å². The summed E-state index contributed by atoms with van der Waals surface area (Å²) in [6.07, 6.45) is -0.140. The molecule has 104 valence electrons. The lowest BCUT2D eigenvalue weighted by Gasteiger charge is -2.21. The summed E-state index contributed by atoms with van der Waals surface area (Å²) in [5, 5.41) is 0. The van der Waals surface area contributed by atoms with Crippen LogP contribution in [0.15, 0.2) is 0 Å². The van der Waals surface area contributed by atoms with Gasteiger partial charge < -0.3 is 18.9 Å². The standard InChI is InChI=1S/C11H22BO5P/c1-7(2)15-6-9-5-10(11(12)16-9)17-18(13,14)8(3)4/h7-11H,5-6H2,1-4H3,(H,13,14)/t9-,10+,11+/m0/s1. The number of hydrogen-bond donors (Lipinski definition) is 1. The average molecular weight is 276 g/mol. The van der Waals surface area contributed by atoms with E-state index in [4.69, 9.17) is 21.8 Å². The first kappa shape index (κ1) is 16.2. The third kappa shape index (κ3) is 4.67. The molecule has 0 aromatic heterocycles. The van der Waals surface area contributed by atoms with Crippen molar-refractivity contribution in [3.05, 3.63) is 0 Å². The van der Waals surface area contributed by atoms with Crippen LogP contribution in [0.25, 0.3) is 0 Å². The molecule has 0 aromatic carbocycles. The van der Waals surface area contributed by atoms with Gasteiger partial charge in [-0.15, -0.1) is 0 Å². The highest BCUT2D eigenvalue weighted by molar-refractivity contribution is 7.53.